The van der Waals surface area contributed by atoms with Crippen LogP contribution in [-0.2, 0) is 5.41 Å². The lowest BCUT2D eigenvalue weighted by atomic mass is 9.92. The Bertz CT molecular complexity index is 1350. The van der Waals surface area contributed by atoms with Gasteiger partial charge in [0.25, 0.3) is 5.56 Å². The summed E-state index contributed by atoms with van der Waals surface area (Å²) in [6.07, 6.45) is 4.16. The van der Waals surface area contributed by atoms with E-state index in [4.69, 9.17) is 4.74 Å². The van der Waals surface area contributed by atoms with E-state index in [1.807, 2.05) is 6.92 Å². The van der Waals surface area contributed by atoms with Crippen LogP contribution >= 0.6 is 0 Å². The quantitative estimate of drug-likeness (QED) is 0.499. The fraction of sp³-hybridized carbons (Fsp3) is 0.320. The predicted octanol–water partition coefficient (Wildman–Crippen LogP) is 4.05. The molecule has 3 heterocycles. The van der Waals surface area contributed by atoms with Gasteiger partial charge >= 0.3 is 0 Å². The van der Waals surface area contributed by atoms with E-state index in [9.17, 15) is 4.79 Å². The highest BCUT2D eigenvalue weighted by atomic mass is 16.5. The van der Waals surface area contributed by atoms with Crippen molar-refractivity contribution in [3.8, 4) is 17.0 Å². The van der Waals surface area contributed by atoms with Gasteiger partial charge < -0.3 is 14.6 Å². The Balaban J connectivity index is 1.76. The van der Waals surface area contributed by atoms with Crippen molar-refractivity contribution in [2.75, 3.05) is 27.7 Å². The highest BCUT2D eigenvalue weighted by Gasteiger charge is 2.44. The highest BCUT2D eigenvalue weighted by Crippen LogP contribution is 2.49. The molecule has 1 saturated carbocycles. The first kappa shape index (κ1) is 19.7. The zero-order valence-corrected chi connectivity index (χ0v) is 18.3. The van der Waals surface area contributed by atoms with Crippen molar-refractivity contribution in [2.45, 2.75) is 25.2 Å². The number of methoxy groups -OCH3 is 1. The van der Waals surface area contributed by atoms with Crippen LogP contribution in [0.3, 0.4) is 0 Å². The number of benzene rings is 1. The minimum Gasteiger partial charge on any atom is -0.481 e. The van der Waals surface area contributed by atoms with Gasteiger partial charge in [0.2, 0.25) is 5.88 Å². The normalized spacial score (nSPS) is 15.0. The molecule has 0 aliphatic heterocycles. The Kier molecular flexibility index (Phi) is 4.55. The maximum Gasteiger partial charge on any atom is 0.257 e. The number of aromatic amines is 1. The van der Waals surface area contributed by atoms with Crippen LogP contribution in [0, 0.1) is 6.92 Å². The number of nitrogens with zero attached hydrogens (tertiary/aromatic N) is 3. The van der Waals surface area contributed by atoms with E-state index in [0.29, 0.717) is 28.0 Å². The smallest absolute Gasteiger partial charge is 0.257 e. The summed E-state index contributed by atoms with van der Waals surface area (Å²) in [5.41, 5.74) is 5.39. The van der Waals surface area contributed by atoms with Gasteiger partial charge in [-0.05, 0) is 57.1 Å². The van der Waals surface area contributed by atoms with Crippen molar-refractivity contribution in [1.82, 2.24) is 19.9 Å². The number of hydrogen-bond donors (Lipinski definition) is 1. The Hall–Kier alpha value is -3.25. The Morgan fingerprint density at radius 1 is 1.16 bits per heavy atom. The van der Waals surface area contributed by atoms with E-state index < -0.39 is 0 Å². The van der Waals surface area contributed by atoms with Crippen molar-refractivity contribution < 1.29 is 4.74 Å². The predicted molar refractivity (Wildman–Crippen MR) is 124 cm³/mol. The fourth-order valence-corrected chi connectivity index (χ4v) is 4.74. The van der Waals surface area contributed by atoms with Gasteiger partial charge in [-0.1, -0.05) is 24.3 Å². The van der Waals surface area contributed by atoms with Gasteiger partial charge in [0.15, 0.2) is 0 Å². The molecule has 1 fully saturated rings. The van der Waals surface area contributed by atoms with Crippen LogP contribution in [0.25, 0.3) is 32.9 Å². The van der Waals surface area contributed by atoms with Crippen molar-refractivity contribution in [3.63, 3.8) is 0 Å². The van der Waals surface area contributed by atoms with Crippen LogP contribution in [0.15, 0.2) is 47.4 Å². The first-order chi connectivity index (χ1) is 14.9. The second-order valence-electron chi connectivity index (χ2n) is 8.78. The van der Waals surface area contributed by atoms with E-state index in [2.05, 4.69) is 58.2 Å². The summed E-state index contributed by atoms with van der Waals surface area (Å²) in [6.45, 7) is 2.93. The van der Waals surface area contributed by atoms with Crippen molar-refractivity contribution >= 4 is 21.8 Å². The van der Waals surface area contributed by atoms with E-state index in [1.54, 1.807) is 25.4 Å². The van der Waals surface area contributed by atoms with Gasteiger partial charge in [0.05, 0.1) is 34.8 Å². The average Bonchev–Trinajstić information content (AvgIpc) is 3.54. The van der Waals surface area contributed by atoms with Gasteiger partial charge in [-0.25, -0.2) is 4.98 Å². The maximum atomic E-state index is 12.6. The van der Waals surface area contributed by atoms with Gasteiger partial charge in [-0.2, -0.15) is 0 Å². The molecule has 0 atom stereocenters. The molecule has 1 aliphatic carbocycles. The molecular formula is C25H26N4O2. The van der Waals surface area contributed by atoms with Gasteiger partial charge in [-0.3, -0.25) is 9.78 Å². The molecule has 31 heavy (non-hydrogen) atoms. The molecule has 1 N–H and O–H groups in total. The number of ether oxygens (including phenoxy) is 1. The van der Waals surface area contributed by atoms with Crippen molar-refractivity contribution in [3.05, 3.63) is 64.2 Å². The first-order valence-electron chi connectivity index (χ1n) is 10.5. The Morgan fingerprint density at radius 3 is 2.55 bits per heavy atom. The zero-order valence-electron chi connectivity index (χ0n) is 18.3. The minimum absolute atomic E-state index is 0.161. The third kappa shape index (κ3) is 3.18. The molecule has 0 unspecified atom stereocenters. The Morgan fingerprint density at radius 2 is 1.90 bits per heavy atom. The molecular weight excluding hydrogens is 388 g/mol. The topological polar surface area (TPSA) is 71.1 Å². The lowest BCUT2D eigenvalue weighted by Gasteiger charge is -2.21. The number of aromatic nitrogens is 3. The number of pyridine rings is 3. The molecule has 1 aromatic carbocycles. The van der Waals surface area contributed by atoms with Gasteiger partial charge in [0, 0.05) is 23.5 Å². The average molecular weight is 415 g/mol. The van der Waals surface area contributed by atoms with Crippen LogP contribution < -0.4 is 10.3 Å². The molecule has 5 rings (SSSR count). The zero-order chi connectivity index (χ0) is 21.8. The fourth-order valence-electron chi connectivity index (χ4n) is 4.74. The summed E-state index contributed by atoms with van der Waals surface area (Å²) in [4.78, 5) is 27.1. The van der Waals surface area contributed by atoms with E-state index in [1.165, 1.54) is 18.4 Å². The molecule has 3 aromatic heterocycles. The van der Waals surface area contributed by atoms with Crippen LogP contribution in [0.5, 0.6) is 5.88 Å². The summed E-state index contributed by atoms with van der Waals surface area (Å²) < 4.78 is 5.69. The molecule has 0 amide bonds. The lowest BCUT2D eigenvalue weighted by Crippen LogP contribution is -2.25. The summed E-state index contributed by atoms with van der Waals surface area (Å²) in [7, 11) is 5.88. The van der Waals surface area contributed by atoms with Crippen LogP contribution in [0.1, 0.15) is 24.1 Å². The molecule has 6 heteroatoms. The number of rotatable bonds is 5. The van der Waals surface area contributed by atoms with Crippen LogP contribution in [0.4, 0.5) is 0 Å². The second kappa shape index (κ2) is 7.17. The van der Waals surface area contributed by atoms with E-state index >= 15 is 0 Å². The first-order valence-corrected chi connectivity index (χ1v) is 10.5. The minimum atomic E-state index is -0.161. The number of aryl methyl sites for hydroxylation is 1. The summed E-state index contributed by atoms with van der Waals surface area (Å²) in [6, 6.07) is 12.3. The number of fused-ring (bicyclic) bond motifs is 3. The van der Waals surface area contributed by atoms with Crippen LogP contribution in [0.2, 0.25) is 0 Å². The molecule has 6 nitrogen and oxygen atoms in total. The monoisotopic (exact) mass is 414 g/mol. The van der Waals surface area contributed by atoms with Gasteiger partial charge in [-0.15, -0.1) is 0 Å². The summed E-state index contributed by atoms with van der Waals surface area (Å²) in [5, 5.41) is 1.42. The number of likely N-dealkylation sites (N-methyl/N-ethyl adjacent to an activating group) is 1. The molecule has 0 saturated heterocycles. The third-order valence-electron chi connectivity index (χ3n) is 6.32. The molecule has 158 valence electrons. The molecule has 4 aromatic rings. The molecule has 0 radical (unpaired) electrons. The number of nitrogens with one attached hydrogen (secondary N) is 1. The summed E-state index contributed by atoms with van der Waals surface area (Å²) in [5.74, 6) is 0.533. The maximum absolute atomic E-state index is 12.6. The largest absolute Gasteiger partial charge is 0.481 e. The molecule has 0 spiro atoms. The Labute approximate surface area is 180 Å². The lowest BCUT2D eigenvalue weighted by molar-refractivity contribution is 0.362. The number of hydrogen-bond acceptors (Lipinski definition) is 5. The van der Waals surface area contributed by atoms with E-state index in [0.717, 1.165) is 23.1 Å². The SMILES string of the molecule is COc1nc(C)c2[nH]c(=O)c3cccnc3c2c1-c1ccc(C2(CN(C)C)CC2)cc1. The van der Waals surface area contributed by atoms with Crippen molar-refractivity contribution in [1.29, 1.82) is 0 Å². The number of H-pyrrole nitrogens is 1. The standard InChI is InChI=1S/C25H26N4O2/c1-15-21-20(22-18(23(30)28-21)6-5-13-26-22)19(24(27-15)31-4)16-7-9-17(10-8-16)25(11-12-25)14-29(2)3/h5-10,13H,11-12,14H2,1-4H3,(H,28,30). The van der Waals surface area contributed by atoms with Crippen molar-refractivity contribution in [2.24, 2.45) is 0 Å². The summed E-state index contributed by atoms with van der Waals surface area (Å²) >= 11 is 0. The third-order valence-corrected chi connectivity index (χ3v) is 6.32. The van der Waals surface area contributed by atoms with E-state index in [-0.39, 0.29) is 11.0 Å². The van der Waals surface area contributed by atoms with Crippen LogP contribution in [-0.4, -0.2) is 47.6 Å². The molecule has 1 aliphatic rings. The molecule has 0 bridgehead atoms. The van der Waals surface area contributed by atoms with Gasteiger partial charge in [0.1, 0.15) is 0 Å². The second-order valence-corrected chi connectivity index (χ2v) is 8.78. The highest BCUT2D eigenvalue weighted by molar-refractivity contribution is 6.12.